The predicted octanol–water partition coefficient (Wildman–Crippen LogP) is 5.61. The lowest BCUT2D eigenvalue weighted by Gasteiger charge is -2.40. The molecule has 0 amide bonds. The molecule has 0 aliphatic carbocycles. The number of ether oxygens (including phenoxy) is 2. The fourth-order valence-electron chi connectivity index (χ4n) is 3.51. The predicted molar refractivity (Wildman–Crippen MR) is 106 cm³/mol. The van der Waals surface area contributed by atoms with Crippen LogP contribution in [0.25, 0.3) is 5.57 Å². The number of benzene rings is 2. The van der Waals surface area contributed by atoms with Crippen LogP contribution in [0.4, 0.5) is 4.39 Å². The molecule has 3 rings (SSSR count). The minimum Gasteiger partial charge on any atom is -0.508 e. The molecule has 1 heterocycles. The molecule has 2 aromatic rings. The number of ketones is 1. The number of para-hydroxylation sites is 1. The van der Waals surface area contributed by atoms with Crippen molar-refractivity contribution < 1.29 is 23.8 Å². The Morgan fingerprint density at radius 1 is 1.07 bits per heavy atom. The van der Waals surface area contributed by atoms with E-state index in [1.807, 2.05) is 13.0 Å². The van der Waals surface area contributed by atoms with Gasteiger partial charge in [-0.3, -0.25) is 4.79 Å². The molecule has 0 spiro atoms. The second-order valence-electron chi connectivity index (χ2n) is 7.88. The van der Waals surface area contributed by atoms with Crippen molar-refractivity contribution in [3.8, 4) is 11.5 Å². The highest BCUT2D eigenvalue weighted by Gasteiger charge is 2.47. The van der Waals surface area contributed by atoms with Crippen LogP contribution >= 0.6 is 0 Å². The second kappa shape index (κ2) is 7.06. The minimum atomic E-state index is -1.08. The van der Waals surface area contributed by atoms with Crippen LogP contribution in [0.1, 0.15) is 45.7 Å². The molecule has 1 N–H and O–H groups in total. The number of aliphatic hydroxyl groups excluding tert-OH is 1. The average molecular weight is 384 g/mol. The van der Waals surface area contributed by atoms with E-state index in [-0.39, 0.29) is 22.9 Å². The fourth-order valence-corrected chi connectivity index (χ4v) is 3.51. The van der Waals surface area contributed by atoms with Gasteiger partial charge in [0.2, 0.25) is 0 Å². The highest BCUT2D eigenvalue weighted by molar-refractivity contribution is 6.26. The van der Waals surface area contributed by atoms with Crippen molar-refractivity contribution in [3.63, 3.8) is 0 Å². The first kappa shape index (κ1) is 20.1. The molecule has 0 atom stereocenters. The largest absolute Gasteiger partial charge is 0.508 e. The maximum Gasteiger partial charge on any atom is 0.198 e. The van der Waals surface area contributed by atoms with Gasteiger partial charge in [0.25, 0.3) is 0 Å². The van der Waals surface area contributed by atoms with E-state index < -0.39 is 17.0 Å². The van der Waals surface area contributed by atoms with Gasteiger partial charge in [0.1, 0.15) is 22.7 Å². The molecule has 5 heteroatoms. The van der Waals surface area contributed by atoms with Crippen molar-refractivity contribution in [2.45, 2.75) is 52.2 Å². The van der Waals surface area contributed by atoms with E-state index in [9.17, 15) is 14.3 Å². The van der Waals surface area contributed by atoms with Gasteiger partial charge in [-0.05, 0) is 69.5 Å². The van der Waals surface area contributed by atoms with Crippen LogP contribution in [0.5, 0.6) is 11.5 Å². The summed E-state index contributed by atoms with van der Waals surface area (Å²) in [6.45, 7) is 8.79. The maximum absolute atomic E-state index is 14.0. The van der Waals surface area contributed by atoms with E-state index in [2.05, 4.69) is 0 Å². The zero-order valence-electron chi connectivity index (χ0n) is 16.8. The van der Waals surface area contributed by atoms with Crippen LogP contribution in [0.15, 0.2) is 48.2 Å². The summed E-state index contributed by atoms with van der Waals surface area (Å²) >= 11 is 0. The zero-order valence-corrected chi connectivity index (χ0v) is 16.8. The molecule has 0 saturated heterocycles. The van der Waals surface area contributed by atoms with Crippen molar-refractivity contribution >= 4 is 11.4 Å². The van der Waals surface area contributed by atoms with E-state index in [1.54, 1.807) is 52.0 Å². The van der Waals surface area contributed by atoms with Crippen LogP contribution in [0.2, 0.25) is 0 Å². The first-order valence-electron chi connectivity index (χ1n) is 9.31. The Morgan fingerprint density at radius 3 is 2.39 bits per heavy atom. The number of aryl methyl sites for hydroxylation is 1. The summed E-state index contributed by atoms with van der Waals surface area (Å²) in [5.41, 5.74) is -0.428. The van der Waals surface area contributed by atoms with Crippen LogP contribution < -0.4 is 4.74 Å². The van der Waals surface area contributed by atoms with Crippen LogP contribution in [0, 0.1) is 5.82 Å². The number of hydrogen-bond acceptors (Lipinski definition) is 4. The number of hydrogen-bond donors (Lipinski definition) is 1. The van der Waals surface area contributed by atoms with E-state index >= 15 is 0 Å². The van der Waals surface area contributed by atoms with Gasteiger partial charge in [0, 0.05) is 0 Å². The van der Waals surface area contributed by atoms with Gasteiger partial charge in [-0.1, -0.05) is 25.1 Å². The van der Waals surface area contributed by atoms with Gasteiger partial charge < -0.3 is 14.6 Å². The van der Waals surface area contributed by atoms with Crippen molar-refractivity contribution in [2.75, 3.05) is 0 Å². The number of halogens is 1. The lowest BCUT2D eigenvalue weighted by Crippen LogP contribution is -2.49. The molecule has 0 bridgehead atoms. The topological polar surface area (TPSA) is 55.8 Å². The number of carbonyl (C=O) groups excluding carboxylic acids is 1. The lowest BCUT2D eigenvalue weighted by molar-refractivity contribution is -0.158. The lowest BCUT2D eigenvalue weighted by atomic mass is 9.81. The first-order valence-corrected chi connectivity index (χ1v) is 9.31. The van der Waals surface area contributed by atoms with E-state index in [0.717, 1.165) is 5.56 Å². The van der Waals surface area contributed by atoms with Crippen LogP contribution in [0.3, 0.4) is 0 Å². The third-order valence-electron chi connectivity index (χ3n) is 4.89. The van der Waals surface area contributed by atoms with Gasteiger partial charge in [-0.25, -0.2) is 4.39 Å². The number of carbonyl (C=O) groups is 1. The number of rotatable bonds is 4. The Morgan fingerprint density at radius 2 is 1.75 bits per heavy atom. The smallest absolute Gasteiger partial charge is 0.198 e. The molecule has 0 aromatic heterocycles. The maximum atomic E-state index is 14.0. The van der Waals surface area contributed by atoms with Gasteiger partial charge in [0.15, 0.2) is 17.3 Å². The summed E-state index contributed by atoms with van der Waals surface area (Å²) in [4.78, 5) is 13.1. The molecule has 28 heavy (non-hydrogen) atoms. The average Bonchev–Trinajstić information content (AvgIpc) is 2.62. The third kappa shape index (κ3) is 3.54. The monoisotopic (exact) mass is 384 g/mol. The summed E-state index contributed by atoms with van der Waals surface area (Å²) in [6.07, 6.45) is 0.654. The molecule has 4 nitrogen and oxygen atoms in total. The number of aliphatic hydroxyl groups is 1. The van der Waals surface area contributed by atoms with E-state index in [0.29, 0.717) is 17.7 Å². The molecule has 2 aromatic carbocycles. The number of Topliss-reactive ketones (excluding diaryl/α,β-unsaturated/α-hetero) is 1. The van der Waals surface area contributed by atoms with Gasteiger partial charge in [0.05, 0.1) is 5.57 Å². The Kier molecular flexibility index (Phi) is 5.06. The summed E-state index contributed by atoms with van der Waals surface area (Å²) in [6, 6.07) is 11.3. The molecule has 0 radical (unpaired) electrons. The SMILES string of the molecule is CCc1ccc(Oc2ccccc2F)cc1C1=C(O)C(C)(C)OC(C)(C)C1=O. The zero-order chi connectivity index (χ0) is 20.7. The second-order valence-corrected chi connectivity index (χ2v) is 7.88. The Labute approximate surface area is 164 Å². The highest BCUT2D eigenvalue weighted by Crippen LogP contribution is 2.42. The summed E-state index contributed by atoms with van der Waals surface area (Å²) in [5, 5.41) is 10.8. The molecule has 148 valence electrons. The first-order chi connectivity index (χ1) is 13.1. The van der Waals surface area contributed by atoms with Gasteiger partial charge in [-0.15, -0.1) is 0 Å². The molecule has 1 aliphatic heterocycles. The Bertz CT molecular complexity index is 957. The van der Waals surface area contributed by atoms with Crippen LogP contribution in [-0.2, 0) is 16.0 Å². The van der Waals surface area contributed by atoms with Crippen molar-refractivity contribution in [2.24, 2.45) is 0 Å². The quantitative estimate of drug-likeness (QED) is 0.745. The van der Waals surface area contributed by atoms with E-state index in [1.165, 1.54) is 12.1 Å². The third-order valence-corrected chi connectivity index (χ3v) is 4.89. The van der Waals surface area contributed by atoms with Gasteiger partial charge >= 0.3 is 0 Å². The van der Waals surface area contributed by atoms with E-state index in [4.69, 9.17) is 9.47 Å². The molecule has 1 aliphatic rings. The van der Waals surface area contributed by atoms with Crippen molar-refractivity contribution in [1.82, 2.24) is 0 Å². The molecular weight excluding hydrogens is 359 g/mol. The summed E-state index contributed by atoms with van der Waals surface area (Å²) in [7, 11) is 0. The Hall–Kier alpha value is -2.66. The van der Waals surface area contributed by atoms with Crippen molar-refractivity contribution in [3.05, 3.63) is 65.2 Å². The standard InChI is InChI=1S/C23H25FO4/c1-6-14-11-12-15(27-18-10-8-7-9-17(18)24)13-16(14)19-20(25)22(2,3)28-23(4,5)21(19)26/h7-13,25H,6H2,1-5H3. The molecule has 0 unspecified atom stereocenters. The fraction of sp³-hybridized carbons (Fsp3) is 0.348. The normalized spacial score (nSPS) is 18.3. The molecule has 0 fully saturated rings. The molecule has 0 saturated carbocycles. The highest BCUT2D eigenvalue weighted by atomic mass is 19.1. The van der Waals surface area contributed by atoms with Crippen molar-refractivity contribution in [1.29, 1.82) is 0 Å². The molecular formula is C23H25FO4. The van der Waals surface area contributed by atoms with Crippen LogP contribution in [-0.4, -0.2) is 22.1 Å². The Balaban J connectivity index is 2.15. The summed E-state index contributed by atoms with van der Waals surface area (Å²) in [5.74, 6) is -0.422. The minimum absolute atomic E-state index is 0.0925. The van der Waals surface area contributed by atoms with Gasteiger partial charge in [-0.2, -0.15) is 0 Å². The summed E-state index contributed by atoms with van der Waals surface area (Å²) < 4.78 is 25.5.